The van der Waals surface area contributed by atoms with Gasteiger partial charge in [-0.05, 0) is 19.4 Å². The number of hydrogen-bond donors (Lipinski definition) is 1. The molecular weight excluding hydrogens is 204 g/mol. The molecule has 82 valence electrons. The summed E-state index contributed by atoms with van der Waals surface area (Å²) in [5, 5.41) is 0. The van der Waals surface area contributed by atoms with Crippen molar-refractivity contribution >= 4 is 0 Å². The molecule has 0 unspecified atom stereocenters. The van der Waals surface area contributed by atoms with Crippen LogP contribution >= 0.6 is 0 Å². The second kappa shape index (κ2) is 4.22. The molecule has 0 spiro atoms. The lowest BCUT2D eigenvalue weighted by Gasteiger charge is -2.03. The predicted molar refractivity (Wildman–Crippen MR) is 60.0 cm³/mol. The summed E-state index contributed by atoms with van der Waals surface area (Å²) in [6.07, 6.45) is 3.90. The van der Waals surface area contributed by atoms with Crippen molar-refractivity contribution < 1.29 is 0 Å². The van der Waals surface area contributed by atoms with E-state index in [1.165, 1.54) is 0 Å². The lowest BCUT2D eigenvalue weighted by Crippen LogP contribution is -2.17. The molecule has 0 aromatic carbocycles. The Balaban J connectivity index is 2.57. The van der Waals surface area contributed by atoms with E-state index in [0.717, 1.165) is 5.69 Å². The molecule has 2 rings (SSSR count). The molecule has 5 nitrogen and oxygen atoms in total. The molecule has 0 saturated heterocycles. The molecule has 5 heteroatoms. The van der Waals surface area contributed by atoms with Gasteiger partial charge in [0.15, 0.2) is 11.6 Å². The highest BCUT2D eigenvalue weighted by Crippen LogP contribution is 2.08. The molecule has 0 radical (unpaired) electrons. The zero-order valence-corrected chi connectivity index (χ0v) is 9.19. The second-order valence-corrected chi connectivity index (χ2v) is 3.40. The maximum atomic E-state index is 11.7. The Morgan fingerprint density at radius 2 is 2.00 bits per heavy atom. The van der Waals surface area contributed by atoms with Crippen molar-refractivity contribution in [3.63, 3.8) is 0 Å². The number of aryl methyl sites for hydroxylation is 1. The third-order valence-corrected chi connectivity index (χ3v) is 2.35. The minimum Gasteiger partial charge on any atom is -0.304 e. The van der Waals surface area contributed by atoms with Crippen LogP contribution in [0.25, 0.3) is 11.6 Å². The third-order valence-electron chi connectivity index (χ3n) is 2.35. The third kappa shape index (κ3) is 1.84. The minimum atomic E-state index is -0.113. The Hall–Kier alpha value is -2.04. The van der Waals surface area contributed by atoms with Crippen LogP contribution in [0.5, 0.6) is 0 Å². The van der Waals surface area contributed by atoms with Crippen LogP contribution in [0, 0.1) is 6.92 Å². The number of hydrogen-bond acceptors (Lipinski definition) is 4. The van der Waals surface area contributed by atoms with Crippen molar-refractivity contribution in [2.75, 3.05) is 0 Å². The molecule has 1 N–H and O–H groups in total. The van der Waals surface area contributed by atoms with Crippen molar-refractivity contribution in [3.8, 4) is 11.6 Å². The molecule has 0 saturated carbocycles. The molecular formula is C11H12N4O. The highest BCUT2D eigenvalue weighted by atomic mass is 16.1. The average Bonchev–Trinajstić information content (AvgIpc) is 2.30. The molecule has 0 amide bonds. The van der Waals surface area contributed by atoms with Crippen molar-refractivity contribution in [1.29, 1.82) is 0 Å². The smallest absolute Gasteiger partial charge is 0.254 e. The molecule has 0 aliphatic rings. The van der Waals surface area contributed by atoms with Gasteiger partial charge in [0.25, 0.3) is 5.56 Å². The van der Waals surface area contributed by atoms with Crippen molar-refractivity contribution in [2.24, 2.45) is 0 Å². The van der Waals surface area contributed by atoms with Crippen molar-refractivity contribution in [1.82, 2.24) is 19.9 Å². The molecule has 2 aromatic rings. The molecule has 0 atom stereocenters. The molecule has 0 bridgehead atoms. The largest absolute Gasteiger partial charge is 0.304 e. The van der Waals surface area contributed by atoms with Gasteiger partial charge in [-0.3, -0.25) is 4.79 Å². The molecule has 2 heterocycles. The zero-order chi connectivity index (χ0) is 11.5. The van der Waals surface area contributed by atoms with Crippen LogP contribution in [0.1, 0.15) is 18.2 Å². The van der Waals surface area contributed by atoms with Gasteiger partial charge in [0.2, 0.25) is 0 Å². The van der Waals surface area contributed by atoms with Gasteiger partial charge in [0, 0.05) is 23.7 Å². The van der Waals surface area contributed by atoms with E-state index in [1.54, 1.807) is 18.5 Å². The lowest BCUT2D eigenvalue weighted by molar-refractivity contribution is 0.951. The predicted octanol–water partition coefficient (Wildman–Crippen LogP) is 1.10. The number of rotatable bonds is 2. The number of nitrogens with one attached hydrogen (secondary N) is 1. The minimum absolute atomic E-state index is 0.113. The summed E-state index contributed by atoms with van der Waals surface area (Å²) >= 11 is 0. The summed E-state index contributed by atoms with van der Waals surface area (Å²) in [5.41, 5.74) is 1.32. The van der Waals surface area contributed by atoms with Crippen LogP contribution in [-0.2, 0) is 6.42 Å². The van der Waals surface area contributed by atoms with E-state index in [2.05, 4.69) is 19.9 Å². The number of aromatic amines is 1. The van der Waals surface area contributed by atoms with E-state index in [4.69, 9.17) is 0 Å². The van der Waals surface area contributed by atoms with Crippen LogP contribution in [0.3, 0.4) is 0 Å². The number of aromatic nitrogens is 4. The fourth-order valence-electron chi connectivity index (χ4n) is 1.55. The number of nitrogens with zero attached hydrogens (tertiary/aromatic N) is 3. The summed E-state index contributed by atoms with van der Waals surface area (Å²) in [5.74, 6) is 0.852. The normalized spacial score (nSPS) is 10.4. The van der Waals surface area contributed by atoms with Gasteiger partial charge in [-0.25, -0.2) is 15.0 Å². The van der Waals surface area contributed by atoms with Gasteiger partial charge in [-0.2, -0.15) is 0 Å². The van der Waals surface area contributed by atoms with Crippen LogP contribution in [0.4, 0.5) is 0 Å². The first-order valence-electron chi connectivity index (χ1n) is 5.09. The molecule has 0 fully saturated rings. The number of H-pyrrole nitrogens is 1. The summed E-state index contributed by atoms with van der Waals surface area (Å²) in [6, 6.07) is 1.72. The summed E-state index contributed by atoms with van der Waals surface area (Å²) in [4.78, 5) is 26.8. The van der Waals surface area contributed by atoms with E-state index in [9.17, 15) is 4.79 Å². The van der Waals surface area contributed by atoms with Gasteiger partial charge >= 0.3 is 0 Å². The standard InChI is InChI=1S/C11H12N4O/c1-3-8-7(2)14-10(15-11(8)16)9-12-5-4-6-13-9/h4-6H,3H2,1-2H3,(H,14,15,16). The Morgan fingerprint density at radius 1 is 1.31 bits per heavy atom. The Bertz CT molecular complexity index is 548. The van der Waals surface area contributed by atoms with Gasteiger partial charge in [-0.15, -0.1) is 0 Å². The molecule has 16 heavy (non-hydrogen) atoms. The van der Waals surface area contributed by atoms with E-state index in [1.807, 2.05) is 13.8 Å². The molecule has 2 aromatic heterocycles. The summed E-state index contributed by atoms with van der Waals surface area (Å²) in [6.45, 7) is 3.75. The Morgan fingerprint density at radius 3 is 2.56 bits per heavy atom. The summed E-state index contributed by atoms with van der Waals surface area (Å²) in [7, 11) is 0. The highest BCUT2D eigenvalue weighted by molar-refractivity contribution is 5.42. The Labute approximate surface area is 92.6 Å². The molecule has 0 aliphatic carbocycles. The van der Waals surface area contributed by atoms with E-state index >= 15 is 0 Å². The monoisotopic (exact) mass is 216 g/mol. The maximum absolute atomic E-state index is 11.7. The molecule has 0 aliphatic heterocycles. The van der Waals surface area contributed by atoms with Crippen LogP contribution in [-0.4, -0.2) is 19.9 Å². The highest BCUT2D eigenvalue weighted by Gasteiger charge is 2.08. The summed E-state index contributed by atoms with van der Waals surface area (Å²) < 4.78 is 0. The first kappa shape index (κ1) is 10.5. The SMILES string of the molecule is CCc1c(C)nc(-c2ncccn2)[nH]c1=O. The van der Waals surface area contributed by atoms with Gasteiger partial charge in [-0.1, -0.05) is 6.92 Å². The van der Waals surface area contributed by atoms with Crippen molar-refractivity contribution in [3.05, 3.63) is 40.1 Å². The van der Waals surface area contributed by atoms with Crippen LogP contribution < -0.4 is 5.56 Å². The fraction of sp³-hybridized carbons (Fsp3) is 0.273. The Kier molecular flexibility index (Phi) is 2.76. The van der Waals surface area contributed by atoms with E-state index < -0.39 is 0 Å². The average molecular weight is 216 g/mol. The van der Waals surface area contributed by atoms with Gasteiger partial charge in [0.05, 0.1) is 0 Å². The topological polar surface area (TPSA) is 71.5 Å². The van der Waals surface area contributed by atoms with E-state index in [-0.39, 0.29) is 5.56 Å². The quantitative estimate of drug-likeness (QED) is 0.815. The van der Waals surface area contributed by atoms with Gasteiger partial charge < -0.3 is 4.98 Å². The van der Waals surface area contributed by atoms with E-state index in [0.29, 0.717) is 23.6 Å². The van der Waals surface area contributed by atoms with Crippen LogP contribution in [0.2, 0.25) is 0 Å². The first-order chi connectivity index (χ1) is 7.72. The zero-order valence-electron chi connectivity index (χ0n) is 9.19. The van der Waals surface area contributed by atoms with Crippen LogP contribution in [0.15, 0.2) is 23.3 Å². The van der Waals surface area contributed by atoms with Crippen molar-refractivity contribution in [2.45, 2.75) is 20.3 Å². The van der Waals surface area contributed by atoms with Gasteiger partial charge in [0.1, 0.15) is 0 Å². The first-order valence-corrected chi connectivity index (χ1v) is 5.09. The maximum Gasteiger partial charge on any atom is 0.254 e. The lowest BCUT2D eigenvalue weighted by atomic mass is 10.2. The fourth-order valence-corrected chi connectivity index (χ4v) is 1.55. The second-order valence-electron chi connectivity index (χ2n) is 3.40.